The Morgan fingerprint density at radius 2 is 2.00 bits per heavy atom. The van der Waals surface area contributed by atoms with Crippen molar-refractivity contribution in [2.45, 2.75) is 6.42 Å². The Morgan fingerprint density at radius 3 is 2.80 bits per heavy atom. The van der Waals surface area contributed by atoms with Crippen LogP contribution in [0.1, 0.15) is 5.56 Å². The van der Waals surface area contributed by atoms with Gasteiger partial charge in [0.25, 0.3) is 0 Å². The summed E-state index contributed by atoms with van der Waals surface area (Å²) in [5, 5.41) is 30.3. The molecule has 1 aromatic heterocycles. The van der Waals surface area contributed by atoms with Gasteiger partial charge in [0.15, 0.2) is 0 Å². The number of H-pyrrole nitrogens is 1. The van der Waals surface area contributed by atoms with Gasteiger partial charge in [-0.2, -0.15) is 15.4 Å². The van der Waals surface area contributed by atoms with E-state index >= 15 is 0 Å². The van der Waals surface area contributed by atoms with Gasteiger partial charge in [-0.15, -0.1) is 0 Å². The lowest BCUT2D eigenvalue weighted by molar-refractivity contribution is 0.299. The zero-order valence-corrected chi connectivity index (χ0v) is 11.2. The minimum absolute atomic E-state index is 0.0477. The number of nitrogens with one attached hydrogen (secondary N) is 1. The molecule has 3 N–H and O–H groups in total. The molecule has 0 bridgehead atoms. The second-order valence-corrected chi connectivity index (χ2v) is 4.85. The molecular weight excluding hydrogens is 278 g/mol. The molecule has 5 nitrogen and oxygen atoms in total. The quantitative estimate of drug-likeness (QED) is 0.692. The number of rotatable bonds is 3. The monoisotopic (exact) mass is 289 g/mol. The summed E-state index contributed by atoms with van der Waals surface area (Å²) in [7, 11) is 0. The zero-order valence-electron chi connectivity index (χ0n) is 10.5. The van der Waals surface area contributed by atoms with E-state index in [1.807, 2.05) is 0 Å². The lowest BCUT2D eigenvalue weighted by atomic mass is 9.99. The number of phenols is 1. The summed E-state index contributed by atoms with van der Waals surface area (Å²) in [5.41, 5.74) is 3.41. The Balaban J connectivity index is 2.27. The molecule has 3 aromatic rings. The molecular formula is C14H12ClN3O2. The molecule has 0 saturated heterocycles. The first-order chi connectivity index (χ1) is 9.70. The summed E-state index contributed by atoms with van der Waals surface area (Å²) in [6, 6.07) is 8.65. The maximum Gasteiger partial charge on any atom is 0.123 e. The van der Waals surface area contributed by atoms with E-state index in [0.717, 1.165) is 5.56 Å². The third-order valence-electron chi connectivity index (χ3n) is 3.17. The number of aliphatic hydroxyl groups is 1. The summed E-state index contributed by atoms with van der Waals surface area (Å²) in [4.78, 5) is 0. The van der Waals surface area contributed by atoms with E-state index in [1.165, 1.54) is 0 Å². The molecule has 0 saturated carbocycles. The molecule has 6 heteroatoms. The summed E-state index contributed by atoms with van der Waals surface area (Å²) in [6.45, 7) is 0.0477. The van der Waals surface area contributed by atoms with Crippen molar-refractivity contribution in [3.63, 3.8) is 0 Å². The van der Waals surface area contributed by atoms with Crippen LogP contribution in [0.2, 0.25) is 5.02 Å². The van der Waals surface area contributed by atoms with Gasteiger partial charge in [-0.05, 0) is 36.2 Å². The van der Waals surface area contributed by atoms with E-state index in [1.54, 1.807) is 30.3 Å². The van der Waals surface area contributed by atoms with Crippen LogP contribution in [0.5, 0.6) is 5.75 Å². The molecule has 0 radical (unpaired) electrons. The van der Waals surface area contributed by atoms with Crippen molar-refractivity contribution in [1.82, 2.24) is 15.4 Å². The number of phenolic OH excluding ortho intramolecular Hbond substituents is 1. The predicted octanol–water partition coefficient (Wildman–Crippen LogP) is 2.52. The topological polar surface area (TPSA) is 82.0 Å². The average Bonchev–Trinajstić information content (AvgIpc) is 2.90. The number of aromatic nitrogens is 3. The summed E-state index contributed by atoms with van der Waals surface area (Å²) >= 11 is 6.25. The van der Waals surface area contributed by atoms with Crippen molar-refractivity contribution in [3.8, 4) is 16.9 Å². The highest BCUT2D eigenvalue weighted by atomic mass is 35.5. The Kier molecular flexibility index (Phi) is 3.30. The smallest absolute Gasteiger partial charge is 0.123 e. The maximum absolute atomic E-state index is 10.1. The van der Waals surface area contributed by atoms with Crippen LogP contribution in [0.25, 0.3) is 22.2 Å². The largest absolute Gasteiger partial charge is 0.507 e. The first kappa shape index (κ1) is 12.9. The van der Waals surface area contributed by atoms with Crippen molar-refractivity contribution in [2.24, 2.45) is 0 Å². The van der Waals surface area contributed by atoms with Gasteiger partial charge in [-0.25, -0.2) is 0 Å². The number of aliphatic hydroxyl groups excluding tert-OH is 1. The highest BCUT2D eigenvalue weighted by Gasteiger charge is 2.15. The summed E-state index contributed by atoms with van der Waals surface area (Å²) in [5.74, 6) is 0.115. The molecule has 1 heterocycles. The Morgan fingerprint density at radius 1 is 1.15 bits per heavy atom. The van der Waals surface area contributed by atoms with Crippen molar-refractivity contribution in [3.05, 3.63) is 40.9 Å². The first-order valence-electron chi connectivity index (χ1n) is 6.13. The summed E-state index contributed by atoms with van der Waals surface area (Å²) in [6.07, 6.45) is 0.514. The molecule has 102 valence electrons. The average molecular weight is 290 g/mol. The number of fused-ring (bicyclic) bond motifs is 1. The molecule has 20 heavy (non-hydrogen) atoms. The van der Waals surface area contributed by atoms with Gasteiger partial charge >= 0.3 is 0 Å². The Labute approximate surface area is 119 Å². The van der Waals surface area contributed by atoms with Crippen LogP contribution in [-0.4, -0.2) is 32.2 Å². The molecule has 0 unspecified atom stereocenters. The highest BCUT2D eigenvalue weighted by Crippen LogP contribution is 2.38. The third-order valence-corrected chi connectivity index (χ3v) is 3.48. The number of halogens is 1. The molecule has 0 aliphatic rings. The molecule has 0 fully saturated rings. The molecule has 0 atom stereocenters. The molecule has 0 amide bonds. The Bertz CT molecular complexity index is 770. The number of benzene rings is 2. The van der Waals surface area contributed by atoms with Gasteiger partial charge in [0.1, 0.15) is 16.8 Å². The van der Waals surface area contributed by atoms with Gasteiger partial charge in [0.2, 0.25) is 0 Å². The van der Waals surface area contributed by atoms with E-state index in [9.17, 15) is 5.11 Å². The molecule has 3 rings (SSSR count). The fourth-order valence-electron chi connectivity index (χ4n) is 2.21. The van der Waals surface area contributed by atoms with Crippen molar-refractivity contribution in [2.75, 3.05) is 6.61 Å². The Hall–Kier alpha value is -2.11. The second-order valence-electron chi connectivity index (χ2n) is 4.44. The van der Waals surface area contributed by atoms with E-state index in [-0.39, 0.29) is 12.4 Å². The maximum atomic E-state index is 10.1. The number of aromatic amines is 1. The SMILES string of the molecule is OCCc1ccc(O)c(-c2c(Cl)ccc3n[nH]nc23)c1. The van der Waals surface area contributed by atoms with Crippen molar-refractivity contribution in [1.29, 1.82) is 0 Å². The lowest BCUT2D eigenvalue weighted by Gasteiger charge is -2.09. The van der Waals surface area contributed by atoms with Crippen LogP contribution < -0.4 is 0 Å². The lowest BCUT2D eigenvalue weighted by Crippen LogP contribution is -1.92. The standard InChI is InChI=1S/C14H12ClN3O2/c15-10-2-3-11-14(17-18-16-11)13(10)9-7-8(5-6-19)1-4-12(9)20/h1-4,7,19-20H,5-6H2,(H,16,17,18). The normalized spacial score (nSPS) is 11.1. The summed E-state index contributed by atoms with van der Waals surface area (Å²) < 4.78 is 0. The van der Waals surface area contributed by atoms with Crippen LogP contribution >= 0.6 is 11.6 Å². The molecule has 0 aliphatic carbocycles. The van der Waals surface area contributed by atoms with E-state index in [0.29, 0.717) is 33.6 Å². The van der Waals surface area contributed by atoms with Crippen LogP contribution in [0.15, 0.2) is 30.3 Å². The number of nitrogens with zero attached hydrogens (tertiary/aromatic N) is 2. The van der Waals surface area contributed by atoms with Crippen LogP contribution in [0.4, 0.5) is 0 Å². The minimum atomic E-state index is 0.0477. The van der Waals surface area contributed by atoms with Gasteiger partial charge < -0.3 is 10.2 Å². The highest BCUT2D eigenvalue weighted by molar-refractivity contribution is 6.35. The zero-order chi connectivity index (χ0) is 14.1. The minimum Gasteiger partial charge on any atom is -0.507 e. The number of aromatic hydroxyl groups is 1. The second kappa shape index (κ2) is 5.11. The van der Waals surface area contributed by atoms with Crippen LogP contribution in [0.3, 0.4) is 0 Å². The fraction of sp³-hybridized carbons (Fsp3) is 0.143. The van der Waals surface area contributed by atoms with Crippen LogP contribution in [-0.2, 0) is 6.42 Å². The van der Waals surface area contributed by atoms with Gasteiger partial charge in [0, 0.05) is 17.7 Å². The third kappa shape index (κ3) is 2.11. The molecule has 2 aromatic carbocycles. The number of hydrogen-bond acceptors (Lipinski definition) is 4. The van der Waals surface area contributed by atoms with Crippen molar-refractivity contribution < 1.29 is 10.2 Å². The molecule has 0 aliphatic heterocycles. The van der Waals surface area contributed by atoms with Gasteiger partial charge in [-0.1, -0.05) is 17.7 Å². The predicted molar refractivity (Wildman–Crippen MR) is 76.8 cm³/mol. The first-order valence-corrected chi connectivity index (χ1v) is 6.50. The van der Waals surface area contributed by atoms with E-state index in [2.05, 4.69) is 15.4 Å². The number of hydrogen-bond donors (Lipinski definition) is 3. The van der Waals surface area contributed by atoms with Gasteiger partial charge in [0.05, 0.1) is 5.02 Å². The van der Waals surface area contributed by atoms with Gasteiger partial charge in [-0.3, -0.25) is 0 Å². The van der Waals surface area contributed by atoms with E-state index < -0.39 is 0 Å². The fourth-order valence-corrected chi connectivity index (χ4v) is 2.47. The van der Waals surface area contributed by atoms with E-state index in [4.69, 9.17) is 16.7 Å². The van der Waals surface area contributed by atoms with Crippen molar-refractivity contribution >= 4 is 22.6 Å². The molecule has 0 spiro atoms. The van der Waals surface area contributed by atoms with Crippen LogP contribution in [0, 0.1) is 0 Å².